The number of rotatable bonds is 8. The summed E-state index contributed by atoms with van der Waals surface area (Å²) in [4.78, 5) is 15.9. The smallest absolute Gasteiger partial charge is 0.287 e. The Hall–Kier alpha value is -2.04. The lowest BCUT2D eigenvalue weighted by molar-refractivity contribution is 0.0926. The lowest BCUT2D eigenvalue weighted by atomic mass is 10.1. The fraction of sp³-hybridized carbons (Fsp3) is 0.471. The van der Waals surface area contributed by atoms with Gasteiger partial charge in [0.1, 0.15) is 5.76 Å². The van der Waals surface area contributed by atoms with Crippen molar-refractivity contribution < 1.29 is 13.7 Å². The first-order valence-electron chi connectivity index (χ1n) is 8.42. The van der Waals surface area contributed by atoms with Gasteiger partial charge in [-0.2, -0.15) is 0 Å². The Kier molecular flexibility index (Phi) is 9.78. The van der Waals surface area contributed by atoms with Gasteiger partial charge in [-0.05, 0) is 18.6 Å². The molecule has 0 aromatic carbocycles. The third-order valence-corrected chi connectivity index (χ3v) is 3.71. The molecular formula is C17H26IN5O3. The molecule has 9 heteroatoms. The third-order valence-electron chi connectivity index (χ3n) is 3.71. The molecule has 0 aliphatic heterocycles. The summed E-state index contributed by atoms with van der Waals surface area (Å²) in [6, 6.07) is 3.30. The van der Waals surface area contributed by atoms with Crippen LogP contribution in [0.3, 0.4) is 0 Å². The zero-order valence-electron chi connectivity index (χ0n) is 15.3. The van der Waals surface area contributed by atoms with E-state index in [-0.39, 0.29) is 29.9 Å². The molecule has 0 aliphatic rings. The normalized spacial score (nSPS) is 11.0. The number of hydrogen-bond acceptors (Lipinski definition) is 5. The molecule has 0 bridgehead atoms. The summed E-state index contributed by atoms with van der Waals surface area (Å²) in [7, 11) is 1.70. The number of furan rings is 1. The number of aromatic nitrogens is 1. The average molecular weight is 475 g/mol. The zero-order valence-corrected chi connectivity index (χ0v) is 17.6. The second-order valence-corrected chi connectivity index (χ2v) is 5.32. The average Bonchev–Trinajstić information content (AvgIpc) is 3.30. The van der Waals surface area contributed by atoms with Gasteiger partial charge in [0.25, 0.3) is 5.91 Å². The van der Waals surface area contributed by atoms with E-state index in [1.165, 1.54) is 6.26 Å². The number of amides is 1. The number of guanidine groups is 1. The Morgan fingerprint density at radius 1 is 1.19 bits per heavy atom. The number of hydrogen-bond donors (Lipinski definition) is 3. The predicted molar refractivity (Wildman–Crippen MR) is 110 cm³/mol. The van der Waals surface area contributed by atoms with Gasteiger partial charge in [-0.3, -0.25) is 9.79 Å². The Labute approximate surface area is 170 Å². The molecule has 2 aromatic heterocycles. The van der Waals surface area contributed by atoms with Crippen LogP contribution in [-0.2, 0) is 19.4 Å². The highest BCUT2D eigenvalue weighted by atomic mass is 127. The van der Waals surface area contributed by atoms with Crippen LogP contribution in [0.2, 0.25) is 0 Å². The van der Waals surface area contributed by atoms with Crippen LogP contribution < -0.4 is 16.0 Å². The van der Waals surface area contributed by atoms with Crippen LogP contribution in [0.25, 0.3) is 0 Å². The van der Waals surface area contributed by atoms with Gasteiger partial charge in [-0.1, -0.05) is 19.0 Å². The summed E-state index contributed by atoms with van der Waals surface area (Å²) in [5.41, 5.74) is 2.05. The molecule has 8 nitrogen and oxygen atoms in total. The molecule has 144 valence electrons. The van der Waals surface area contributed by atoms with Crippen molar-refractivity contribution in [3.8, 4) is 0 Å². The van der Waals surface area contributed by atoms with Gasteiger partial charge in [0.2, 0.25) is 0 Å². The molecule has 1 amide bonds. The second kappa shape index (κ2) is 11.6. The van der Waals surface area contributed by atoms with Crippen molar-refractivity contribution in [3.63, 3.8) is 0 Å². The van der Waals surface area contributed by atoms with Crippen molar-refractivity contribution in [2.45, 2.75) is 33.2 Å². The molecular weight excluding hydrogens is 449 g/mol. The van der Waals surface area contributed by atoms with Gasteiger partial charge in [-0.15, -0.1) is 24.0 Å². The number of aryl methyl sites for hydroxylation is 2. The minimum atomic E-state index is -0.237. The summed E-state index contributed by atoms with van der Waals surface area (Å²) >= 11 is 0. The summed E-state index contributed by atoms with van der Waals surface area (Å²) in [5.74, 6) is 1.61. The van der Waals surface area contributed by atoms with E-state index in [0.717, 1.165) is 29.9 Å². The van der Waals surface area contributed by atoms with E-state index in [4.69, 9.17) is 8.94 Å². The molecule has 26 heavy (non-hydrogen) atoms. The van der Waals surface area contributed by atoms with E-state index in [0.29, 0.717) is 31.4 Å². The fourth-order valence-corrected chi connectivity index (χ4v) is 2.38. The topological polar surface area (TPSA) is 105 Å². The van der Waals surface area contributed by atoms with Crippen LogP contribution in [-0.4, -0.2) is 37.2 Å². The second-order valence-electron chi connectivity index (χ2n) is 5.32. The summed E-state index contributed by atoms with van der Waals surface area (Å²) in [6.07, 6.45) is 3.10. The molecule has 2 heterocycles. The molecule has 0 unspecified atom stereocenters. The van der Waals surface area contributed by atoms with Gasteiger partial charge in [-0.25, -0.2) is 0 Å². The highest BCUT2D eigenvalue weighted by molar-refractivity contribution is 14.0. The summed E-state index contributed by atoms with van der Waals surface area (Å²) in [5, 5.41) is 13.3. The SMILES string of the molecule is CCc1noc(CC)c1CNC(=NC)NCCNC(=O)c1ccco1.I. The molecule has 0 radical (unpaired) electrons. The quantitative estimate of drug-likeness (QED) is 0.234. The first kappa shape index (κ1) is 22.0. The molecule has 0 aliphatic carbocycles. The van der Waals surface area contributed by atoms with E-state index in [9.17, 15) is 4.79 Å². The van der Waals surface area contributed by atoms with Gasteiger partial charge >= 0.3 is 0 Å². The highest BCUT2D eigenvalue weighted by Crippen LogP contribution is 2.15. The standard InChI is InChI=1S/C17H25N5O3.HI/c1-4-13-12(14(5-2)25-22-13)11-21-17(18-3)20-9-8-19-16(23)15-7-6-10-24-15;/h6-7,10H,4-5,8-9,11H2,1-3H3,(H,19,23)(H2,18,20,21);1H. The maximum atomic E-state index is 11.7. The van der Waals surface area contributed by atoms with Crippen molar-refractivity contribution in [3.05, 3.63) is 41.2 Å². The lowest BCUT2D eigenvalue weighted by Crippen LogP contribution is -2.41. The minimum Gasteiger partial charge on any atom is -0.459 e. The first-order valence-corrected chi connectivity index (χ1v) is 8.42. The number of halogens is 1. The zero-order chi connectivity index (χ0) is 18.1. The summed E-state index contributed by atoms with van der Waals surface area (Å²) < 4.78 is 10.4. The van der Waals surface area contributed by atoms with Crippen LogP contribution >= 0.6 is 24.0 Å². The first-order chi connectivity index (χ1) is 12.2. The molecule has 0 saturated carbocycles. The molecule has 0 spiro atoms. The Morgan fingerprint density at radius 2 is 1.96 bits per heavy atom. The monoisotopic (exact) mass is 475 g/mol. The predicted octanol–water partition coefficient (Wildman–Crippen LogP) is 2.11. The highest BCUT2D eigenvalue weighted by Gasteiger charge is 2.13. The lowest BCUT2D eigenvalue weighted by Gasteiger charge is -2.12. The fourth-order valence-electron chi connectivity index (χ4n) is 2.38. The van der Waals surface area contributed by atoms with Crippen LogP contribution in [0.1, 0.15) is 41.4 Å². The Balaban J connectivity index is 0.00000338. The molecule has 2 aromatic rings. The van der Waals surface area contributed by atoms with E-state index < -0.39 is 0 Å². The number of carbonyl (C=O) groups is 1. The maximum absolute atomic E-state index is 11.7. The molecule has 0 fully saturated rings. The molecule has 0 atom stereocenters. The van der Waals surface area contributed by atoms with Crippen LogP contribution in [0.4, 0.5) is 0 Å². The van der Waals surface area contributed by atoms with Crippen LogP contribution in [0.5, 0.6) is 0 Å². The molecule has 2 rings (SSSR count). The van der Waals surface area contributed by atoms with Gasteiger partial charge in [0, 0.05) is 38.7 Å². The Morgan fingerprint density at radius 3 is 2.58 bits per heavy atom. The van der Waals surface area contributed by atoms with Crippen molar-refractivity contribution in [2.75, 3.05) is 20.1 Å². The number of aliphatic imine (C=N–C) groups is 1. The van der Waals surface area contributed by atoms with E-state index >= 15 is 0 Å². The number of nitrogens with zero attached hydrogens (tertiary/aromatic N) is 2. The maximum Gasteiger partial charge on any atom is 0.287 e. The summed E-state index contributed by atoms with van der Waals surface area (Å²) in [6.45, 7) is 5.67. The number of nitrogens with one attached hydrogen (secondary N) is 3. The van der Waals surface area contributed by atoms with E-state index in [1.54, 1.807) is 19.2 Å². The van der Waals surface area contributed by atoms with Gasteiger partial charge in [0.05, 0.1) is 12.0 Å². The third kappa shape index (κ3) is 6.04. The largest absolute Gasteiger partial charge is 0.459 e. The van der Waals surface area contributed by atoms with Gasteiger partial charge in [0.15, 0.2) is 11.7 Å². The Bertz CT molecular complexity index is 676. The van der Waals surface area contributed by atoms with Crippen molar-refractivity contribution >= 4 is 35.8 Å². The number of carbonyl (C=O) groups excluding carboxylic acids is 1. The van der Waals surface area contributed by atoms with Crippen LogP contribution in [0.15, 0.2) is 32.3 Å². The molecule has 0 saturated heterocycles. The van der Waals surface area contributed by atoms with Gasteiger partial charge < -0.3 is 24.9 Å². The van der Waals surface area contributed by atoms with E-state index in [1.807, 2.05) is 6.92 Å². The van der Waals surface area contributed by atoms with Crippen molar-refractivity contribution in [1.82, 2.24) is 21.1 Å². The minimum absolute atomic E-state index is 0. The van der Waals surface area contributed by atoms with E-state index in [2.05, 4.69) is 33.0 Å². The van der Waals surface area contributed by atoms with Crippen molar-refractivity contribution in [1.29, 1.82) is 0 Å². The van der Waals surface area contributed by atoms with Crippen molar-refractivity contribution in [2.24, 2.45) is 4.99 Å². The van der Waals surface area contributed by atoms with Crippen LogP contribution in [0, 0.1) is 0 Å². The molecule has 3 N–H and O–H groups in total.